The summed E-state index contributed by atoms with van der Waals surface area (Å²) in [6.07, 6.45) is 0.699. The molecule has 1 saturated heterocycles. The molecule has 0 aliphatic carbocycles. The first-order chi connectivity index (χ1) is 16.4. The molecule has 2 atom stereocenters. The number of carbonyl (C=O) groups is 1. The molecule has 0 radical (unpaired) electrons. The number of pyridine rings is 1. The number of hydrogen-bond donors (Lipinski definition) is 1. The summed E-state index contributed by atoms with van der Waals surface area (Å²) >= 11 is 0. The van der Waals surface area contributed by atoms with Crippen molar-refractivity contribution in [1.82, 2.24) is 23.9 Å². The van der Waals surface area contributed by atoms with Crippen molar-refractivity contribution in [3.05, 3.63) is 66.1 Å². The fraction of sp³-hybridized carbons (Fsp3) is 0.391. The quantitative estimate of drug-likeness (QED) is 0.552. The average Bonchev–Trinajstić information content (AvgIpc) is 3.27. The van der Waals surface area contributed by atoms with E-state index in [-0.39, 0.29) is 30.4 Å². The van der Waals surface area contributed by atoms with E-state index in [4.69, 9.17) is 0 Å². The van der Waals surface area contributed by atoms with Gasteiger partial charge in [-0.2, -0.15) is 17.5 Å². The molecule has 1 fully saturated rings. The maximum atomic E-state index is 13.1. The van der Waals surface area contributed by atoms with E-state index in [2.05, 4.69) is 10.3 Å². The number of nitrogens with one attached hydrogen (secondary N) is 1. The van der Waals surface area contributed by atoms with Crippen LogP contribution in [0.5, 0.6) is 0 Å². The van der Waals surface area contributed by atoms with Crippen LogP contribution >= 0.6 is 0 Å². The second-order valence-corrected chi connectivity index (χ2v) is 10.7. The van der Waals surface area contributed by atoms with Crippen molar-refractivity contribution < 1.29 is 26.4 Å². The summed E-state index contributed by atoms with van der Waals surface area (Å²) in [5.74, 6) is -0.281. The molecular formula is C23H26F3N5O3S. The molecule has 0 saturated carbocycles. The molecule has 3 aromatic rings. The summed E-state index contributed by atoms with van der Waals surface area (Å²) < 4.78 is 67.8. The Labute approximate surface area is 201 Å². The van der Waals surface area contributed by atoms with Crippen LogP contribution in [0.2, 0.25) is 0 Å². The fourth-order valence-corrected chi connectivity index (χ4v) is 5.89. The van der Waals surface area contributed by atoms with E-state index >= 15 is 0 Å². The van der Waals surface area contributed by atoms with Crippen LogP contribution in [0.1, 0.15) is 29.8 Å². The molecule has 8 nitrogen and oxygen atoms in total. The summed E-state index contributed by atoms with van der Waals surface area (Å²) in [5.41, 5.74) is 1.89. The topological polar surface area (TPSA) is 87.0 Å². The van der Waals surface area contributed by atoms with E-state index in [0.29, 0.717) is 11.1 Å². The van der Waals surface area contributed by atoms with Gasteiger partial charge in [-0.05, 0) is 43.7 Å². The van der Waals surface area contributed by atoms with Crippen LogP contribution in [0.15, 0.2) is 59.9 Å². The Morgan fingerprint density at radius 2 is 1.74 bits per heavy atom. The van der Waals surface area contributed by atoms with Crippen LogP contribution in [0.4, 0.5) is 13.2 Å². The van der Waals surface area contributed by atoms with Gasteiger partial charge in [0.25, 0.3) is 5.91 Å². The molecule has 0 spiro atoms. The number of alkyl halides is 3. The van der Waals surface area contributed by atoms with Crippen LogP contribution in [-0.4, -0.2) is 70.8 Å². The zero-order valence-electron chi connectivity index (χ0n) is 19.2. The van der Waals surface area contributed by atoms with Crippen molar-refractivity contribution in [3.63, 3.8) is 0 Å². The smallest absolute Gasteiger partial charge is 0.348 e. The minimum absolute atomic E-state index is 0.0260. The van der Waals surface area contributed by atoms with E-state index in [0.717, 1.165) is 5.65 Å². The van der Waals surface area contributed by atoms with Gasteiger partial charge in [-0.25, -0.2) is 13.4 Å². The number of benzene rings is 1. The lowest BCUT2D eigenvalue weighted by molar-refractivity contribution is -0.159. The molecule has 4 rings (SSSR count). The lowest BCUT2D eigenvalue weighted by Crippen LogP contribution is -2.59. The SMILES string of the molecule is C[C@@H]1CN(S(=O)(=O)c2ccc(CNC(=O)c3ccc4nccn4c3)cc2)C[C@H](C)N1CC(F)(F)F. The summed E-state index contributed by atoms with van der Waals surface area (Å²) in [7, 11) is -3.87. The number of aromatic nitrogens is 2. The summed E-state index contributed by atoms with van der Waals surface area (Å²) in [5, 5.41) is 2.80. The lowest BCUT2D eigenvalue weighted by Gasteiger charge is -2.43. The van der Waals surface area contributed by atoms with Gasteiger partial charge in [-0.3, -0.25) is 9.69 Å². The Morgan fingerprint density at radius 3 is 2.37 bits per heavy atom. The molecular weight excluding hydrogens is 483 g/mol. The second-order valence-electron chi connectivity index (χ2n) is 8.74. The summed E-state index contributed by atoms with van der Waals surface area (Å²) in [6, 6.07) is 8.37. The number of halogens is 3. The lowest BCUT2D eigenvalue weighted by atomic mass is 10.1. The van der Waals surface area contributed by atoms with Gasteiger partial charge < -0.3 is 9.72 Å². The van der Waals surface area contributed by atoms with Gasteiger partial charge in [-0.15, -0.1) is 0 Å². The number of hydrogen-bond acceptors (Lipinski definition) is 5. The minimum Gasteiger partial charge on any atom is -0.348 e. The molecule has 1 aliphatic heterocycles. The number of carbonyl (C=O) groups excluding carboxylic acids is 1. The van der Waals surface area contributed by atoms with Crippen LogP contribution in [-0.2, 0) is 16.6 Å². The summed E-state index contributed by atoms with van der Waals surface area (Å²) in [6.45, 7) is 2.27. The highest BCUT2D eigenvalue weighted by atomic mass is 32.2. The zero-order valence-corrected chi connectivity index (χ0v) is 20.1. The standard InChI is InChI=1S/C23H26F3N5O3S/c1-16-12-30(13-17(2)31(16)15-23(24,25)26)35(33,34)20-6-3-18(4-7-20)11-28-22(32)19-5-8-21-27-9-10-29(21)14-19/h3-10,14,16-17H,11-13,15H2,1-2H3,(H,28,32)/t16-,17+. The van der Waals surface area contributed by atoms with Gasteiger partial charge >= 0.3 is 6.18 Å². The molecule has 188 valence electrons. The Morgan fingerprint density at radius 1 is 1.09 bits per heavy atom. The normalized spacial score (nSPS) is 20.3. The van der Waals surface area contributed by atoms with Gasteiger partial charge in [0, 0.05) is 50.3 Å². The number of piperazine rings is 1. The average molecular weight is 510 g/mol. The highest BCUT2D eigenvalue weighted by molar-refractivity contribution is 7.89. The maximum Gasteiger partial charge on any atom is 0.401 e. The van der Waals surface area contributed by atoms with Crippen molar-refractivity contribution in [2.45, 2.75) is 43.5 Å². The Hall–Kier alpha value is -2.96. The molecule has 1 amide bonds. The van der Waals surface area contributed by atoms with Gasteiger partial charge in [0.15, 0.2) is 0 Å². The molecule has 1 N–H and O–H groups in total. The van der Waals surface area contributed by atoms with Gasteiger partial charge in [0.1, 0.15) is 5.65 Å². The van der Waals surface area contributed by atoms with E-state index in [1.807, 2.05) is 0 Å². The molecule has 3 heterocycles. The molecule has 35 heavy (non-hydrogen) atoms. The summed E-state index contributed by atoms with van der Waals surface area (Å²) in [4.78, 5) is 17.9. The Kier molecular flexibility index (Phi) is 6.89. The number of fused-ring (bicyclic) bond motifs is 1. The molecule has 2 aromatic heterocycles. The fourth-order valence-electron chi connectivity index (χ4n) is 4.29. The van der Waals surface area contributed by atoms with Crippen LogP contribution in [0.25, 0.3) is 5.65 Å². The van der Waals surface area contributed by atoms with Crippen molar-refractivity contribution in [3.8, 4) is 0 Å². The third-order valence-corrected chi connectivity index (χ3v) is 7.94. The Bertz CT molecular complexity index is 1300. The van der Waals surface area contributed by atoms with Crippen LogP contribution in [0.3, 0.4) is 0 Å². The second kappa shape index (κ2) is 9.59. The number of nitrogens with zero attached hydrogens (tertiary/aromatic N) is 4. The molecule has 0 unspecified atom stereocenters. The zero-order chi connectivity index (χ0) is 25.4. The van der Waals surface area contributed by atoms with Crippen molar-refractivity contribution in [2.24, 2.45) is 0 Å². The van der Waals surface area contributed by atoms with Gasteiger partial charge in [0.05, 0.1) is 17.0 Å². The first-order valence-corrected chi connectivity index (χ1v) is 12.5. The molecule has 1 aliphatic rings. The van der Waals surface area contributed by atoms with Crippen molar-refractivity contribution in [1.29, 1.82) is 0 Å². The highest BCUT2D eigenvalue weighted by Gasteiger charge is 2.41. The Balaban J connectivity index is 1.39. The predicted molar refractivity (Wildman–Crippen MR) is 123 cm³/mol. The number of sulfonamides is 1. The monoisotopic (exact) mass is 509 g/mol. The van der Waals surface area contributed by atoms with E-state index in [1.165, 1.54) is 21.3 Å². The van der Waals surface area contributed by atoms with Crippen LogP contribution in [0, 0.1) is 0 Å². The highest BCUT2D eigenvalue weighted by Crippen LogP contribution is 2.27. The van der Waals surface area contributed by atoms with E-state index in [9.17, 15) is 26.4 Å². The predicted octanol–water partition coefficient (Wildman–Crippen LogP) is 2.91. The first kappa shape index (κ1) is 25.1. The van der Waals surface area contributed by atoms with Crippen molar-refractivity contribution >= 4 is 21.6 Å². The minimum atomic E-state index is -4.35. The van der Waals surface area contributed by atoms with Gasteiger partial charge in [0.2, 0.25) is 10.0 Å². The third kappa shape index (κ3) is 5.65. The van der Waals surface area contributed by atoms with Crippen molar-refractivity contribution in [2.75, 3.05) is 19.6 Å². The molecule has 1 aromatic carbocycles. The number of imidazole rings is 1. The largest absolute Gasteiger partial charge is 0.401 e. The van der Waals surface area contributed by atoms with Gasteiger partial charge in [-0.1, -0.05) is 12.1 Å². The molecule has 12 heteroatoms. The van der Waals surface area contributed by atoms with E-state index < -0.39 is 34.8 Å². The maximum absolute atomic E-state index is 13.1. The number of rotatable bonds is 6. The number of amides is 1. The van der Waals surface area contributed by atoms with Crippen LogP contribution < -0.4 is 5.32 Å². The molecule has 0 bridgehead atoms. The van der Waals surface area contributed by atoms with E-state index in [1.54, 1.807) is 61.1 Å². The third-order valence-electron chi connectivity index (χ3n) is 6.10. The first-order valence-electron chi connectivity index (χ1n) is 11.1.